The Balaban J connectivity index is 1.58. The summed E-state index contributed by atoms with van der Waals surface area (Å²) in [6, 6.07) is 20.4. The van der Waals surface area contributed by atoms with Crippen LogP contribution < -0.4 is 16.4 Å². The fourth-order valence-electron chi connectivity index (χ4n) is 2.86. The topological polar surface area (TPSA) is 95.8 Å². The van der Waals surface area contributed by atoms with Crippen LogP contribution in [0.4, 0.5) is 17.1 Å². The highest BCUT2D eigenvalue weighted by Crippen LogP contribution is 2.24. The summed E-state index contributed by atoms with van der Waals surface area (Å²) in [4.78, 5) is 20.3. The van der Waals surface area contributed by atoms with E-state index in [-0.39, 0.29) is 5.91 Å². The van der Waals surface area contributed by atoms with Crippen LogP contribution in [0.1, 0.15) is 10.4 Å². The zero-order valence-corrected chi connectivity index (χ0v) is 14.8. The van der Waals surface area contributed by atoms with Gasteiger partial charge in [-0.25, -0.2) is 4.98 Å². The average Bonchev–Trinajstić information content (AvgIpc) is 3.12. The van der Waals surface area contributed by atoms with Crippen molar-refractivity contribution in [3.8, 4) is 11.4 Å². The summed E-state index contributed by atoms with van der Waals surface area (Å²) in [5.41, 5.74) is 11.3. The lowest BCUT2D eigenvalue weighted by Gasteiger charge is -2.05. The van der Waals surface area contributed by atoms with Gasteiger partial charge in [-0.15, -0.1) is 0 Å². The number of H-pyrrole nitrogens is 1. The Hall–Kier alpha value is -3.80. The quantitative estimate of drug-likeness (QED) is 0.413. The van der Waals surface area contributed by atoms with E-state index in [1.165, 1.54) is 0 Å². The molecule has 0 saturated carbocycles. The number of hydrogen-bond acceptors (Lipinski definition) is 4. The monoisotopic (exact) mass is 357 g/mol. The number of amides is 1. The van der Waals surface area contributed by atoms with Crippen LogP contribution in [0, 0.1) is 0 Å². The third kappa shape index (κ3) is 3.46. The third-order valence-corrected chi connectivity index (χ3v) is 4.36. The number of anilines is 3. The van der Waals surface area contributed by atoms with E-state index in [2.05, 4.69) is 20.6 Å². The van der Waals surface area contributed by atoms with Crippen molar-refractivity contribution in [2.24, 2.45) is 0 Å². The molecule has 0 aliphatic carbocycles. The molecule has 4 rings (SSSR count). The van der Waals surface area contributed by atoms with Crippen LogP contribution in [0.25, 0.3) is 22.4 Å². The van der Waals surface area contributed by atoms with Gasteiger partial charge in [-0.3, -0.25) is 4.79 Å². The minimum atomic E-state index is -0.184. The van der Waals surface area contributed by atoms with Gasteiger partial charge in [0.1, 0.15) is 5.82 Å². The maximum atomic E-state index is 12.4. The van der Waals surface area contributed by atoms with Crippen LogP contribution in [0.5, 0.6) is 0 Å². The molecule has 4 aromatic rings. The molecule has 6 heteroatoms. The molecule has 0 aliphatic rings. The number of aromatic amines is 1. The number of nitrogens with two attached hydrogens (primary N) is 1. The zero-order valence-electron chi connectivity index (χ0n) is 14.8. The summed E-state index contributed by atoms with van der Waals surface area (Å²) in [5, 5.41) is 5.99. The lowest BCUT2D eigenvalue weighted by molar-refractivity contribution is 0.102. The van der Waals surface area contributed by atoms with Gasteiger partial charge in [-0.2, -0.15) is 0 Å². The van der Waals surface area contributed by atoms with Gasteiger partial charge < -0.3 is 21.4 Å². The number of carbonyl (C=O) groups is 1. The second-order valence-corrected chi connectivity index (χ2v) is 6.22. The largest absolute Gasteiger partial charge is 0.399 e. The Morgan fingerprint density at radius 1 is 0.963 bits per heavy atom. The van der Waals surface area contributed by atoms with Gasteiger partial charge in [0.25, 0.3) is 5.91 Å². The smallest absolute Gasteiger partial charge is 0.255 e. The van der Waals surface area contributed by atoms with E-state index in [9.17, 15) is 4.79 Å². The van der Waals surface area contributed by atoms with Crippen LogP contribution in [-0.2, 0) is 0 Å². The second kappa shape index (κ2) is 6.84. The average molecular weight is 357 g/mol. The van der Waals surface area contributed by atoms with Crippen molar-refractivity contribution in [1.82, 2.24) is 9.97 Å². The van der Waals surface area contributed by atoms with Crippen molar-refractivity contribution in [1.29, 1.82) is 0 Å². The molecular formula is C21H19N5O. The highest BCUT2D eigenvalue weighted by atomic mass is 16.1. The Morgan fingerprint density at radius 3 is 2.37 bits per heavy atom. The van der Waals surface area contributed by atoms with E-state index in [0.717, 1.165) is 28.1 Å². The molecule has 6 nitrogen and oxygen atoms in total. The van der Waals surface area contributed by atoms with E-state index < -0.39 is 0 Å². The molecule has 1 aromatic heterocycles. The zero-order chi connectivity index (χ0) is 18.8. The molecule has 1 heterocycles. The summed E-state index contributed by atoms with van der Waals surface area (Å²) in [5.74, 6) is 0.603. The summed E-state index contributed by atoms with van der Waals surface area (Å²) < 4.78 is 0. The van der Waals surface area contributed by atoms with E-state index >= 15 is 0 Å². The van der Waals surface area contributed by atoms with E-state index in [1.807, 2.05) is 49.5 Å². The lowest BCUT2D eigenvalue weighted by Crippen LogP contribution is -2.11. The Bertz CT molecular complexity index is 1100. The van der Waals surface area contributed by atoms with Gasteiger partial charge in [0.05, 0.1) is 11.0 Å². The van der Waals surface area contributed by atoms with E-state index in [0.29, 0.717) is 16.9 Å². The maximum Gasteiger partial charge on any atom is 0.255 e. The van der Waals surface area contributed by atoms with Crippen molar-refractivity contribution in [2.75, 3.05) is 23.4 Å². The van der Waals surface area contributed by atoms with Crippen LogP contribution in [0.3, 0.4) is 0 Å². The summed E-state index contributed by atoms with van der Waals surface area (Å²) in [6.45, 7) is 0. The fourth-order valence-corrected chi connectivity index (χ4v) is 2.86. The van der Waals surface area contributed by atoms with Gasteiger partial charge in [0, 0.05) is 35.2 Å². The number of carbonyl (C=O) groups excluding carboxylic acids is 1. The van der Waals surface area contributed by atoms with Crippen LogP contribution in [0.2, 0.25) is 0 Å². The van der Waals surface area contributed by atoms with Crippen molar-refractivity contribution < 1.29 is 4.79 Å². The molecule has 0 unspecified atom stereocenters. The number of nitrogens with zero attached hydrogens (tertiary/aromatic N) is 1. The molecule has 0 spiro atoms. The van der Waals surface area contributed by atoms with Crippen molar-refractivity contribution in [2.45, 2.75) is 0 Å². The van der Waals surface area contributed by atoms with E-state index in [1.54, 1.807) is 24.3 Å². The second-order valence-electron chi connectivity index (χ2n) is 6.22. The molecule has 27 heavy (non-hydrogen) atoms. The number of imidazole rings is 1. The highest BCUT2D eigenvalue weighted by molar-refractivity contribution is 6.05. The third-order valence-electron chi connectivity index (χ3n) is 4.36. The molecule has 0 atom stereocenters. The molecule has 134 valence electrons. The number of nitrogen functional groups attached to an aromatic ring is 1. The van der Waals surface area contributed by atoms with Crippen molar-refractivity contribution in [3.05, 3.63) is 72.3 Å². The van der Waals surface area contributed by atoms with Gasteiger partial charge in [-0.1, -0.05) is 0 Å². The molecule has 5 N–H and O–H groups in total. The molecule has 1 amide bonds. The first-order chi connectivity index (χ1) is 13.1. The first-order valence-corrected chi connectivity index (χ1v) is 8.57. The fraction of sp³-hybridized carbons (Fsp3) is 0.0476. The number of aromatic nitrogens is 2. The SMILES string of the molecule is CNc1ccc(-c2nc3ccc(NC(=O)c4ccc(N)cc4)cc3[nH]2)cc1. The molecular weight excluding hydrogens is 338 g/mol. The normalized spacial score (nSPS) is 10.7. The minimum Gasteiger partial charge on any atom is -0.399 e. The number of benzene rings is 3. The Kier molecular flexibility index (Phi) is 4.22. The molecule has 3 aromatic carbocycles. The van der Waals surface area contributed by atoms with Crippen LogP contribution in [-0.4, -0.2) is 22.9 Å². The lowest BCUT2D eigenvalue weighted by atomic mass is 10.2. The number of hydrogen-bond donors (Lipinski definition) is 4. The Labute approximate surface area is 156 Å². The molecule has 0 aliphatic heterocycles. The van der Waals surface area contributed by atoms with Gasteiger partial charge in [-0.05, 0) is 66.7 Å². The summed E-state index contributed by atoms with van der Waals surface area (Å²) in [7, 11) is 1.89. The van der Waals surface area contributed by atoms with Gasteiger partial charge in [0.2, 0.25) is 0 Å². The van der Waals surface area contributed by atoms with Crippen molar-refractivity contribution in [3.63, 3.8) is 0 Å². The maximum absolute atomic E-state index is 12.4. The molecule has 0 radical (unpaired) electrons. The van der Waals surface area contributed by atoms with Gasteiger partial charge >= 0.3 is 0 Å². The van der Waals surface area contributed by atoms with Crippen LogP contribution >= 0.6 is 0 Å². The summed E-state index contributed by atoms with van der Waals surface area (Å²) >= 11 is 0. The van der Waals surface area contributed by atoms with E-state index in [4.69, 9.17) is 5.73 Å². The Morgan fingerprint density at radius 2 is 1.67 bits per heavy atom. The predicted molar refractivity (Wildman–Crippen MR) is 110 cm³/mol. The summed E-state index contributed by atoms with van der Waals surface area (Å²) in [6.07, 6.45) is 0. The van der Waals surface area contributed by atoms with Crippen LogP contribution in [0.15, 0.2) is 66.7 Å². The predicted octanol–water partition coefficient (Wildman–Crippen LogP) is 4.11. The number of nitrogens with one attached hydrogen (secondary N) is 3. The van der Waals surface area contributed by atoms with Gasteiger partial charge in [0.15, 0.2) is 0 Å². The van der Waals surface area contributed by atoms with Crippen molar-refractivity contribution >= 4 is 34.0 Å². The minimum absolute atomic E-state index is 0.184. The first-order valence-electron chi connectivity index (χ1n) is 8.57. The first kappa shape index (κ1) is 16.7. The number of rotatable bonds is 4. The number of fused-ring (bicyclic) bond motifs is 1. The highest BCUT2D eigenvalue weighted by Gasteiger charge is 2.09. The molecule has 0 saturated heterocycles. The standard InChI is InChI=1S/C21H19N5O/c1-23-16-8-4-13(5-9-16)20-25-18-11-10-17(12-19(18)26-20)24-21(27)14-2-6-15(22)7-3-14/h2-12,23H,22H2,1H3,(H,24,27)(H,25,26). The molecule has 0 fully saturated rings. The molecule has 0 bridgehead atoms.